The number of amides is 1. The second-order valence-corrected chi connectivity index (χ2v) is 7.04. The largest absolute Gasteiger partial charge is 0.466 e. The molecule has 0 spiro atoms. The molecule has 2 N–H and O–H groups in total. The summed E-state index contributed by atoms with van der Waals surface area (Å²) in [6, 6.07) is 0. The van der Waals surface area contributed by atoms with Gasteiger partial charge in [0.1, 0.15) is 12.2 Å². The molecule has 1 amide bonds. The average molecular weight is 481 g/mol. The monoisotopic (exact) mass is 481 g/mol. The maximum Gasteiger partial charge on any atom is 0.466 e. The third-order valence-electron chi connectivity index (χ3n) is 3.13. The van der Waals surface area contributed by atoms with Crippen LogP contribution in [0.25, 0.3) is 0 Å². The molecule has 0 aromatic carbocycles. The van der Waals surface area contributed by atoms with Crippen molar-refractivity contribution in [2.75, 3.05) is 13.2 Å². The van der Waals surface area contributed by atoms with Crippen molar-refractivity contribution in [1.82, 2.24) is 5.32 Å². The highest BCUT2D eigenvalue weighted by molar-refractivity contribution is 7.86. The fourth-order valence-corrected chi connectivity index (χ4v) is 1.68. The summed E-state index contributed by atoms with van der Waals surface area (Å²) >= 11 is 0. The van der Waals surface area contributed by atoms with Crippen LogP contribution >= 0.6 is 0 Å². The van der Waals surface area contributed by atoms with Gasteiger partial charge in [-0.1, -0.05) is 19.9 Å². The van der Waals surface area contributed by atoms with E-state index in [0.717, 1.165) is 0 Å². The lowest BCUT2D eigenvalue weighted by Gasteiger charge is -2.34. The number of esters is 1. The standard InChI is InChI=1S/C13H15F8NO7S/c1-3-4-5-22-9(24)11(13(19,20)21,28-6-10(14,15)30(25,26)27)29-8(23)7(2)12(16,17)18/h2-6H2,1H3,(H,22,24)(H,25,26,27). The van der Waals surface area contributed by atoms with Crippen LogP contribution in [0.5, 0.6) is 0 Å². The topological polar surface area (TPSA) is 119 Å². The van der Waals surface area contributed by atoms with Crippen LogP contribution in [0.15, 0.2) is 12.2 Å². The van der Waals surface area contributed by atoms with Crippen LogP contribution in [0.3, 0.4) is 0 Å². The van der Waals surface area contributed by atoms with Crippen molar-refractivity contribution in [2.45, 2.75) is 43.2 Å². The van der Waals surface area contributed by atoms with Crippen molar-refractivity contribution < 1.29 is 67.2 Å². The number of hydrogen-bond donors (Lipinski definition) is 2. The lowest BCUT2D eigenvalue weighted by atomic mass is 10.2. The number of carbonyl (C=O) groups is 2. The van der Waals surface area contributed by atoms with Gasteiger partial charge in [-0.3, -0.25) is 9.35 Å². The maximum atomic E-state index is 13.5. The molecular formula is C13H15F8NO7S. The Morgan fingerprint density at radius 3 is 1.93 bits per heavy atom. The Labute approximate surface area is 163 Å². The van der Waals surface area contributed by atoms with E-state index in [1.807, 2.05) is 0 Å². The van der Waals surface area contributed by atoms with Gasteiger partial charge in [-0.25, -0.2) is 4.79 Å². The minimum atomic E-state index is -6.38. The Bertz CT molecular complexity index is 762. The fraction of sp³-hybridized carbons (Fsp3) is 0.692. The van der Waals surface area contributed by atoms with Crippen LogP contribution in [0.2, 0.25) is 0 Å². The Morgan fingerprint density at radius 1 is 1.07 bits per heavy atom. The molecule has 176 valence electrons. The first kappa shape index (κ1) is 28.0. The number of nitrogens with one attached hydrogen (secondary N) is 1. The van der Waals surface area contributed by atoms with Crippen molar-refractivity contribution in [3.63, 3.8) is 0 Å². The van der Waals surface area contributed by atoms with Gasteiger partial charge in [-0.05, 0) is 6.42 Å². The highest BCUT2D eigenvalue weighted by Gasteiger charge is 2.68. The predicted octanol–water partition coefficient (Wildman–Crippen LogP) is 2.32. The molecule has 0 saturated heterocycles. The van der Waals surface area contributed by atoms with Gasteiger partial charge < -0.3 is 14.8 Å². The van der Waals surface area contributed by atoms with Gasteiger partial charge in [0.15, 0.2) is 0 Å². The Morgan fingerprint density at radius 2 is 1.57 bits per heavy atom. The smallest absolute Gasteiger partial charge is 0.412 e. The van der Waals surface area contributed by atoms with Crippen LogP contribution in [-0.2, 0) is 29.2 Å². The SMILES string of the molecule is C=C(C(=O)OC(OCC(F)(F)S(=O)(=O)O)(C(=O)NCCCC)C(F)(F)F)C(F)(F)F. The van der Waals surface area contributed by atoms with Gasteiger partial charge in [-0.2, -0.15) is 43.5 Å². The molecule has 0 rings (SSSR count). The fourth-order valence-electron chi connectivity index (χ4n) is 1.47. The van der Waals surface area contributed by atoms with Crippen LogP contribution in [0.4, 0.5) is 35.1 Å². The molecule has 8 nitrogen and oxygen atoms in total. The van der Waals surface area contributed by atoms with Gasteiger partial charge in [-0.15, -0.1) is 0 Å². The van der Waals surface area contributed by atoms with E-state index in [-0.39, 0.29) is 12.8 Å². The first-order chi connectivity index (χ1) is 13.2. The van der Waals surface area contributed by atoms with Crippen molar-refractivity contribution in [1.29, 1.82) is 0 Å². The van der Waals surface area contributed by atoms with E-state index in [9.17, 15) is 53.1 Å². The Balaban J connectivity index is 6.25. The van der Waals surface area contributed by atoms with Gasteiger partial charge in [0.2, 0.25) is 0 Å². The van der Waals surface area contributed by atoms with Gasteiger partial charge in [0, 0.05) is 6.54 Å². The molecule has 1 unspecified atom stereocenters. The molecule has 0 aliphatic heterocycles. The summed E-state index contributed by atoms with van der Waals surface area (Å²) < 4.78 is 141. The summed E-state index contributed by atoms with van der Waals surface area (Å²) in [4.78, 5) is 23.4. The molecule has 0 bridgehead atoms. The summed E-state index contributed by atoms with van der Waals surface area (Å²) in [5.74, 6) is -10.6. The van der Waals surface area contributed by atoms with E-state index < -0.39 is 64.1 Å². The molecule has 0 heterocycles. The molecule has 1 atom stereocenters. The number of halogens is 8. The van der Waals surface area contributed by atoms with Gasteiger partial charge in [0.05, 0.1) is 0 Å². The third kappa shape index (κ3) is 6.76. The Kier molecular flexibility index (Phi) is 8.79. The maximum absolute atomic E-state index is 13.5. The van der Waals surface area contributed by atoms with Crippen LogP contribution < -0.4 is 5.32 Å². The molecule has 0 aliphatic rings. The van der Waals surface area contributed by atoms with E-state index in [1.54, 1.807) is 0 Å². The molecule has 17 heteroatoms. The van der Waals surface area contributed by atoms with E-state index in [1.165, 1.54) is 12.2 Å². The number of rotatable bonds is 10. The van der Waals surface area contributed by atoms with Gasteiger partial charge >= 0.3 is 45.4 Å². The van der Waals surface area contributed by atoms with Gasteiger partial charge in [0.25, 0.3) is 0 Å². The van der Waals surface area contributed by atoms with Crippen molar-refractivity contribution in [3.05, 3.63) is 12.2 Å². The highest BCUT2D eigenvalue weighted by Crippen LogP contribution is 2.39. The number of hydrogen-bond acceptors (Lipinski definition) is 6. The predicted molar refractivity (Wildman–Crippen MR) is 80.4 cm³/mol. The third-order valence-corrected chi connectivity index (χ3v) is 4.01. The molecule has 0 aromatic heterocycles. The zero-order valence-electron chi connectivity index (χ0n) is 14.9. The first-order valence-electron chi connectivity index (χ1n) is 7.56. The minimum absolute atomic E-state index is 0.00403. The molecule has 0 saturated carbocycles. The van der Waals surface area contributed by atoms with Crippen LogP contribution in [0, 0.1) is 0 Å². The van der Waals surface area contributed by atoms with E-state index in [0.29, 0.717) is 0 Å². The zero-order valence-corrected chi connectivity index (χ0v) is 15.7. The summed E-state index contributed by atoms with van der Waals surface area (Å²) in [6.07, 6.45) is -11.6. The molecular weight excluding hydrogens is 466 g/mol. The molecule has 0 aromatic rings. The number of unbranched alkanes of at least 4 members (excludes halogenated alkanes) is 1. The molecule has 0 radical (unpaired) electrons. The van der Waals surface area contributed by atoms with Crippen molar-refractivity contribution >= 4 is 22.0 Å². The molecule has 30 heavy (non-hydrogen) atoms. The van der Waals surface area contributed by atoms with E-state index >= 15 is 0 Å². The first-order valence-corrected chi connectivity index (χ1v) is 9.00. The van der Waals surface area contributed by atoms with Crippen molar-refractivity contribution in [2.24, 2.45) is 0 Å². The summed E-state index contributed by atoms with van der Waals surface area (Å²) in [6.45, 7) is 0.152. The Hall–Kier alpha value is -2.01. The lowest BCUT2D eigenvalue weighted by Crippen LogP contribution is -2.63. The molecule has 0 aliphatic carbocycles. The molecule has 0 fully saturated rings. The summed E-state index contributed by atoms with van der Waals surface area (Å²) in [5, 5.41) is -4.00. The minimum Gasteiger partial charge on any atom is -0.412 e. The second kappa shape index (κ2) is 9.42. The number of ether oxygens (including phenoxy) is 2. The van der Waals surface area contributed by atoms with E-state index in [2.05, 4.69) is 16.1 Å². The lowest BCUT2D eigenvalue weighted by molar-refractivity contribution is -0.353. The quantitative estimate of drug-likeness (QED) is 0.123. The second-order valence-electron chi connectivity index (χ2n) is 5.49. The number of alkyl halides is 8. The highest BCUT2D eigenvalue weighted by atomic mass is 32.2. The summed E-state index contributed by atoms with van der Waals surface area (Å²) in [7, 11) is -6.38. The van der Waals surface area contributed by atoms with Crippen molar-refractivity contribution in [3.8, 4) is 0 Å². The van der Waals surface area contributed by atoms with E-state index in [4.69, 9.17) is 4.55 Å². The normalized spacial score (nSPS) is 15.3. The zero-order chi connectivity index (χ0) is 24.2. The average Bonchev–Trinajstić information content (AvgIpc) is 2.54. The number of carbonyl (C=O) groups excluding carboxylic acids is 2. The summed E-state index contributed by atoms with van der Waals surface area (Å²) in [5.41, 5.74) is -2.55. The van der Waals surface area contributed by atoms with Crippen LogP contribution in [0.1, 0.15) is 19.8 Å². The van der Waals surface area contributed by atoms with Crippen LogP contribution in [-0.4, -0.2) is 61.4 Å².